The highest BCUT2D eigenvalue weighted by Gasteiger charge is 2.30. The number of carbonyl (C=O) groups excluding carboxylic acids is 3. The van der Waals surface area contributed by atoms with Crippen LogP contribution in [0.2, 0.25) is 0 Å². The van der Waals surface area contributed by atoms with Gasteiger partial charge < -0.3 is 29.6 Å². The van der Waals surface area contributed by atoms with E-state index in [0.29, 0.717) is 49.7 Å². The molecule has 0 aliphatic carbocycles. The fourth-order valence-electron chi connectivity index (χ4n) is 6.43. The average molecular weight is 624 g/mol. The van der Waals surface area contributed by atoms with E-state index in [1.165, 1.54) is 0 Å². The SMILES string of the molecule is CC(COc1cccc(C(=O)N2CCN(C(=O)OCc3ccccc3)CC2)c1)N1CCCCC1n1ccc2ccc(C(N)=O)cc21. The van der Waals surface area contributed by atoms with Crippen molar-refractivity contribution in [1.29, 1.82) is 0 Å². The predicted octanol–water partition coefficient (Wildman–Crippen LogP) is 5.29. The number of nitrogens with two attached hydrogens (primary N) is 1. The zero-order chi connectivity index (χ0) is 32.0. The first-order valence-corrected chi connectivity index (χ1v) is 16.0. The van der Waals surface area contributed by atoms with Crippen LogP contribution in [0.3, 0.4) is 0 Å². The van der Waals surface area contributed by atoms with Gasteiger partial charge in [-0.2, -0.15) is 0 Å². The summed E-state index contributed by atoms with van der Waals surface area (Å²) in [6.45, 7) is 5.51. The third kappa shape index (κ3) is 7.02. The number of nitrogens with zero attached hydrogens (tertiary/aromatic N) is 4. The lowest BCUT2D eigenvalue weighted by molar-refractivity contribution is 0.0380. The van der Waals surface area contributed by atoms with Crippen LogP contribution in [0.15, 0.2) is 85.1 Å². The second-order valence-electron chi connectivity index (χ2n) is 12.1. The number of rotatable bonds is 9. The predicted molar refractivity (Wildman–Crippen MR) is 176 cm³/mol. The normalized spacial score (nSPS) is 17.9. The molecular formula is C36H41N5O5. The average Bonchev–Trinajstić information content (AvgIpc) is 3.53. The largest absolute Gasteiger partial charge is 0.492 e. The Kier molecular flexibility index (Phi) is 9.54. The second kappa shape index (κ2) is 14.1. The van der Waals surface area contributed by atoms with Gasteiger partial charge in [-0.15, -0.1) is 0 Å². The standard InChI is InChI=1S/C36H41N5O5/c1-26(40-16-6-5-12-33(40)41-17-15-28-13-14-29(34(37)42)23-32(28)41)24-45-31-11-7-10-30(22-31)35(43)38-18-20-39(21-19-38)36(44)46-25-27-8-3-2-4-9-27/h2-4,7-11,13-15,17,22-23,26,33H,5-6,12,16,18-21,24-25H2,1H3,(H2,37,42). The summed E-state index contributed by atoms with van der Waals surface area (Å²) >= 11 is 0. The first kappa shape index (κ1) is 31.2. The van der Waals surface area contributed by atoms with E-state index >= 15 is 0 Å². The van der Waals surface area contributed by atoms with Crippen molar-refractivity contribution in [3.63, 3.8) is 0 Å². The summed E-state index contributed by atoms with van der Waals surface area (Å²) in [7, 11) is 0. The number of piperazine rings is 1. The van der Waals surface area contributed by atoms with Crippen LogP contribution < -0.4 is 10.5 Å². The maximum Gasteiger partial charge on any atom is 0.410 e. The highest BCUT2D eigenvalue weighted by Crippen LogP contribution is 2.32. The number of benzene rings is 3. The molecule has 0 radical (unpaired) electrons. The molecule has 3 amide bonds. The van der Waals surface area contributed by atoms with Crippen LogP contribution in [0.25, 0.3) is 10.9 Å². The maximum absolute atomic E-state index is 13.4. The molecule has 0 saturated carbocycles. The monoisotopic (exact) mass is 623 g/mol. The van der Waals surface area contributed by atoms with Gasteiger partial charge in [-0.1, -0.05) is 42.5 Å². The van der Waals surface area contributed by atoms with E-state index in [1.54, 1.807) is 28.0 Å². The van der Waals surface area contributed by atoms with Crippen LogP contribution in [0, 0.1) is 0 Å². The summed E-state index contributed by atoms with van der Waals surface area (Å²) in [6.07, 6.45) is 5.09. The quantitative estimate of drug-likeness (QED) is 0.272. The Balaban J connectivity index is 1.04. The lowest BCUT2D eigenvalue weighted by atomic mass is 10.0. The number of piperidine rings is 1. The van der Waals surface area contributed by atoms with Crippen molar-refractivity contribution < 1.29 is 23.9 Å². The Morgan fingerprint density at radius 3 is 2.41 bits per heavy atom. The zero-order valence-corrected chi connectivity index (χ0v) is 26.2. The molecule has 2 fully saturated rings. The van der Waals surface area contributed by atoms with E-state index in [0.717, 1.165) is 42.3 Å². The fraction of sp³-hybridized carbons (Fsp3) is 0.361. The Morgan fingerprint density at radius 2 is 1.63 bits per heavy atom. The van der Waals surface area contributed by atoms with E-state index in [2.05, 4.69) is 28.7 Å². The van der Waals surface area contributed by atoms with Crippen LogP contribution in [-0.4, -0.2) is 82.5 Å². The zero-order valence-electron chi connectivity index (χ0n) is 26.2. The van der Waals surface area contributed by atoms with Gasteiger partial charge in [-0.3, -0.25) is 14.5 Å². The number of primary amides is 1. The number of ether oxygens (including phenoxy) is 2. The van der Waals surface area contributed by atoms with E-state index in [4.69, 9.17) is 15.2 Å². The van der Waals surface area contributed by atoms with Gasteiger partial charge in [0.15, 0.2) is 0 Å². The van der Waals surface area contributed by atoms with Gasteiger partial charge in [-0.05, 0) is 73.5 Å². The smallest absolute Gasteiger partial charge is 0.410 e. The molecule has 240 valence electrons. The molecule has 2 saturated heterocycles. The van der Waals surface area contributed by atoms with E-state index in [9.17, 15) is 14.4 Å². The molecule has 2 N–H and O–H groups in total. The minimum atomic E-state index is -0.431. The molecule has 3 heterocycles. The van der Waals surface area contributed by atoms with Gasteiger partial charge in [0.25, 0.3) is 5.91 Å². The van der Waals surface area contributed by atoms with Crippen molar-refractivity contribution in [3.8, 4) is 5.75 Å². The van der Waals surface area contributed by atoms with Crippen molar-refractivity contribution in [2.24, 2.45) is 5.73 Å². The molecule has 46 heavy (non-hydrogen) atoms. The first-order valence-electron chi connectivity index (χ1n) is 16.0. The van der Waals surface area contributed by atoms with Gasteiger partial charge in [0.05, 0.1) is 11.7 Å². The molecule has 2 aliphatic heterocycles. The van der Waals surface area contributed by atoms with Crippen molar-refractivity contribution in [3.05, 3.63) is 102 Å². The summed E-state index contributed by atoms with van der Waals surface area (Å²) in [5.74, 6) is 0.132. The number of likely N-dealkylation sites (tertiary alicyclic amines) is 1. The third-order valence-electron chi connectivity index (χ3n) is 9.01. The molecule has 2 unspecified atom stereocenters. The van der Waals surface area contributed by atoms with Crippen LogP contribution >= 0.6 is 0 Å². The van der Waals surface area contributed by atoms with Crippen molar-refractivity contribution >= 4 is 28.8 Å². The Bertz CT molecular complexity index is 1680. The molecule has 10 heteroatoms. The minimum absolute atomic E-state index is 0.0817. The Hall–Kier alpha value is -4.83. The van der Waals surface area contributed by atoms with E-state index < -0.39 is 5.91 Å². The van der Waals surface area contributed by atoms with E-state index in [1.807, 2.05) is 54.6 Å². The summed E-state index contributed by atoms with van der Waals surface area (Å²) in [5, 5.41) is 1.07. The second-order valence-corrected chi connectivity index (χ2v) is 12.1. The molecule has 10 nitrogen and oxygen atoms in total. The molecule has 3 aromatic carbocycles. The number of hydrogen-bond acceptors (Lipinski definition) is 6. The van der Waals surface area contributed by atoms with Gasteiger partial charge in [0, 0.05) is 56.1 Å². The highest BCUT2D eigenvalue weighted by molar-refractivity contribution is 5.97. The van der Waals surface area contributed by atoms with Gasteiger partial charge >= 0.3 is 6.09 Å². The number of fused-ring (bicyclic) bond motifs is 1. The first-order chi connectivity index (χ1) is 22.4. The molecular weight excluding hydrogens is 582 g/mol. The summed E-state index contributed by atoms with van der Waals surface area (Å²) in [5.41, 5.74) is 8.57. The van der Waals surface area contributed by atoms with Crippen LogP contribution in [0.1, 0.15) is 58.6 Å². The number of hydrogen-bond donors (Lipinski definition) is 1. The molecule has 2 atom stereocenters. The molecule has 0 bridgehead atoms. The fourth-order valence-corrected chi connectivity index (χ4v) is 6.43. The molecule has 4 aromatic rings. The number of amides is 3. The van der Waals surface area contributed by atoms with Gasteiger partial charge in [0.1, 0.15) is 19.0 Å². The summed E-state index contributed by atoms with van der Waals surface area (Å²) in [4.78, 5) is 43.6. The van der Waals surface area contributed by atoms with Crippen LogP contribution in [0.5, 0.6) is 5.75 Å². The van der Waals surface area contributed by atoms with E-state index in [-0.39, 0.29) is 30.8 Å². The highest BCUT2D eigenvalue weighted by atomic mass is 16.6. The Morgan fingerprint density at radius 1 is 0.848 bits per heavy atom. The topological polar surface area (TPSA) is 110 Å². The van der Waals surface area contributed by atoms with Crippen molar-refractivity contribution in [1.82, 2.24) is 19.3 Å². The molecule has 0 spiro atoms. The molecule has 2 aliphatic rings. The van der Waals surface area contributed by atoms with Crippen LogP contribution in [0.4, 0.5) is 4.79 Å². The summed E-state index contributed by atoms with van der Waals surface area (Å²) in [6, 6.07) is 24.7. The third-order valence-corrected chi connectivity index (χ3v) is 9.01. The van der Waals surface area contributed by atoms with Crippen molar-refractivity contribution in [2.45, 2.75) is 45.0 Å². The molecule has 1 aromatic heterocycles. The van der Waals surface area contributed by atoms with Crippen LogP contribution in [-0.2, 0) is 11.3 Å². The maximum atomic E-state index is 13.4. The van der Waals surface area contributed by atoms with Crippen molar-refractivity contribution in [2.75, 3.05) is 39.3 Å². The summed E-state index contributed by atoms with van der Waals surface area (Å²) < 4.78 is 14.0. The van der Waals surface area contributed by atoms with Gasteiger partial charge in [0.2, 0.25) is 5.91 Å². The lowest BCUT2D eigenvalue weighted by Crippen LogP contribution is -2.50. The minimum Gasteiger partial charge on any atom is -0.492 e. The lowest BCUT2D eigenvalue weighted by Gasteiger charge is -2.40. The van der Waals surface area contributed by atoms with Gasteiger partial charge in [-0.25, -0.2) is 4.79 Å². The number of aromatic nitrogens is 1. The Labute approximate surface area is 269 Å². The number of carbonyl (C=O) groups is 3. The molecule has 6 rings (SSSR count).